The summed E-state index contributed by atoms with van der Waals surface area (Å²) in [6.07, 6.45) is -4.21. The van der Waals surface area contributed by atoms with Gasteiger partial charge in [-0.1, -0.05) is 30.7 Å². The number of carbonyl (C=O) groups is 2. The Morgan fingerprint density at radius 2 is 1.74 bits per heavy atom. The molecule has 2 aromatic carbocycles. The zero-order valence-electron chi connectivity index (χ0n) is 13.6. The van der Waals surface area contributed by atoms with Gasteiger partial charge in [0, 0.05) is 10.9 Å². The summed E-state index contributed by atoms with van der Waals surface area (Å²) in [5, 5.41) is 11.9. The van der Waals surface area contributed by atoms with Crippen molar-refractivity contribution in [3.8, 4) is 0 Å². The number of carboxylic acids is 1. The number of hydrogen-bond acceptors (Lipinski definition) is 2. The van der Waals surface area contributed by atoms with Crippen LogP contribution >= 0.6 is 11.6 Å². The average Bonchev–Trinajstić information content (AvgIpc) is 2.55. The second-order valence-electron chi connectivity index (χ2n) is 5.78. The van der Waals surface area contributed by atoms with Gasteiger partial charge in [0.05, 0.1) is 16.8 Å². The summed E-state index contributed by atoms with van der Waals surface area (Å²) < 4.78 is 37.7. The standard InChI is InChI=1S/C18H15ClF3NO3.Li.H/c1-10(8-11-2-4-12(5-3-11)18(20,21)22)16(24)23-15-7-6-13(19)9-14(15)17(25)26;;/h2-7,9-10H,8H2,1H3,(H,23,24)(H,25,26);;. The molecule has 0 saturated carbocycles. The molecule has 0 heterocycles. The minimum absolute atomic E-state index is 0. The van der Waals surface area contributed by atoms with Crippen molar-refractivity contribution >= 4 is 48.0 Å². The predicted molar refractivity (Wildman–Crippen MR) is 98.5 cm³/mol. The Morgan fingerprint density at radius 3 is 2.26 bits per heavy atom. The van der Waals surface area contributed by atoms with Crippen LogP contribution in [0.2, 0.25) is 5.02 Å². The monoisotopic (exact) mass is 393 g/mol. The topological polar surface area (TPSA) is 66.4 Å². The zero-order valence-corrected chi connectivity index (χ0v) is 14.4. The normalized spacial score (nSPS) is 12.0. The van der Waals surface area contributed by atoms with Crippen LogP contribution in [0.3, 0.4) is 0 Å². The van der Waals surface area contributed by atoms with Gasteiger partial charge in [-0.25, -0.2) is 4.79 Å². The molecule has 0 spiro atoms. The predicted octanol–water partition coefficient (Wildman–Crippen LogP) is 4.23. The average molecular weight is 394 g/mol. The third-order valence-corrected chi connectivity index (χ3v) is 3.98. The van der Waals surface area contributed by atoms with Crippen LogP contribution in [0, 0.1) is 5.92 Å². The maximum absolute atomic E-state index is 12.6. The fraction of sp³-hybridized carbons (Fsp3) is 0.222. The Morgan fingerprint density at radius 1 is 1.15 bits per heavy atom. The quantitative estimate of drug-likeness (QED) is 0.747. The van der Waals surface area contributed by atoms with E-state index in [1.54, 1.807) is 6.92 Å². The Bertz CT molecular complexity index is 826. The molecule has 2 aromatic rings. The molecule has 1 unspecified atom stereocenters. The van der Waals surface area contributed by atoms with Crippen molar-refractivity contribution in [3.05, 3.63) is 64.2 Å². The number of carboxylic acid groups (broad SMARTS) is 1. The van der Waals surface area contributed by atoms with Gasteiger partial charge in [-0.05, 0) is 42.3 Å². The molecule has 4 nitrogen and oxygen atoms in total. The molecular weight excluding hydrogens is 378 g/mol. The van der Waals surface area contributed by atoms with Crippen LogP contribution < -0.4 is 5.32 Å². The van der Waals surface area contributed by atoms with E-state index in [4.69, 9.17) is 16.7 Å². The Balaban J connectivity index is 0.00000364. The summed E-state index contributed by atoms with van der Waals surface area (Å²) in [7, 11) is 0. The van der Waals surface area contributed by atoms with Gasteiger partial charge in [-0.15, -0.1) is 0 Å². The van der Waals surface area contributed by atoms with E-state index in [9.17, 15) is 22.8 Å². The Labute approximate surface area is 170 Å². The van der Waals surface area contributed by atoms with E-state index in [0.29, 0.717) is 5.56 Å². The summed E-state index contributed by atoms with van der Waals surface area (Å²) in [5.74, 6) is -2.27. The van der Waals surface area contributed by atoms with E-state index in [0.717, 1.165) is 12.1 Å². The number of halogens is 4. The first kappa shape index (κ1) is 23.1. The summed E-state index contributed by atoms with van der Waals surface area (Å²) in [5.41, 5.74) is -0.236. The molecule has 140 valence electrons. The molecule has 0 saturated heterocycles. The van der Waals surface area contributed by atoms with E-state index >= 15 is 0 Å². The van der Waals surface area contributed by atoms with E-state index in [1.165, 1.54) is 30.3 Å². The van der Waals surface area contributed by atoms with Crippen molar-refractivity contribution in [2.45, 2.75) is 19.5 Å². The van der Waals surface area contributed by atoms with Gasteiger partial charge in [0.15, 0.2) is 0 Å². The van der Waals surface area contributed by atoms with Crippen molar-refractivity contribution in [1.82, 2.24) is 0 Å². The number of alkyl halides is 3. The van der Waals surface area contributed by atoms with Gasteiger partial charge in [0.2, 0.25) is 5.91 Å². The van der Waals surface area contributed by atoms with Crippen LogP contribution in [0.25, 0.3) is 0 Å². The van der Waals surface area contributed by atoms with Crippen molar-refractivity contribution in [2.75, 3.05) is 5.32 Å². The minimum atomic E-state index is -4.41. The number of anilines is 1. The zero-order chi connectivity index (χ0) is 19.5. The summed E-state index contributed by atoms with van der Waals surface area (Å²) in [4.78, 5) is 23.5. The van der Waals surface area contributed by atoms with Crippen molar-refractivity contribution in [2.24, 2.45) is 5.92 Å². The van der Waals surface area contributed by atoms with Crippen LogP contribution in [0.15, 0.2) is 42.5 Å². The molecule has 0 aliphatic heterocycles. The first-order valence-corrected chi connectivity index (χ1v) is 7.95. The van der Waals surface area contributed by atoms with Gasteiger partial charge >= 0.3 is 31.0 Å². The second kappa shape index (κ2) is 9.31. The number of amides is 1. The molecule has 9 heteroatoms. The van der Waals surface area contributed by atoms with Crippen LogP contribution in [0.1, 0.15) is 28.4 Å². The third kappa shape index (κ3) is 6.31. The van der Waals surface area contributed by atoms with Gasteiger partial charge in [-0.2, -0.15) is 13.2 Å². The van der Waals surface area contributed by atoms with E-state index in [2.05, 4.69) is 5.32 Å². The maximum atomic E-state index is 12.6. The third-order valence-electron chi connectivity index (χ3n) is 3.74. The molecule has 2 rings (SSSR count). The van der Waals surface area contributed by atoms with E-state index in [-0.39, 0.29) is 41.6 Å². The SMILES string of the molecule is CC(Cc1ccc(C(F)(F)F)cc1)C(=O)Nc1ccc(Cl)cc1C(=O)O.[LiH]. The van der Waals surface area contributed by atoms with Crippen molar-refractivity contribution in [1.29, 1.82) is 0 Å². The first-order valence-electron chi connectivity index (χ1n) is 7.58. The number of aromatic carboxylic acids is 1. The van der Waals surface area contributed by atoms with E-state index < -0.39 is 29.5 Å². The summed E-state index contributed by atoms with van der Waals surface area (Å²) >= 11 is 5.76. The first-order chi connectivity index (χ1) is 12.1. The van der Waals surface area contributed by atoms with Gasteiger partial charge in [0.1, 0.15) is 0 Å². The molecule has 1 atom stereocenters. The Hall–Kier alpha value is -1.94. The molecule has 27 heavy (non-hydrogen) atoms. The summed E-state index contributed by atoms with van der Waals surface area (Å²) in [6.45, 7) is 1.60. The number of benzene rings is 2. The molecule has 0 bridgehead atoms. The number of nitrogens with one attached hydrogen (secondary N) is 1. The Kier molecular flexibility index (Phi) is 7.97. The van der Waals surface area contributed by atoms with Gasteiger partial charge in [-0.3, -0.25) is 4.79 Å². The molecule has 2 N–H and O–H groups in total. The molecule has 0 aromatic heterocycles. The van der Waals surface area contributed by atoms with Gasteiger partial charge in [0.25, 0.3) is 0 Å². The molecule has 1 amide bonds. The number of rotatable bonds is 5. The molecular formula is C18H16ClF3LiNO3. The van der Waals surface area contributed by atoms with Crippen LogP contribution in [0.5, 0.6) is 0 Å². The van der Waals surface area contributed by atoms with Crippen molar-refractivity contribution in [3.63, 3.8) is 0 Å². The van der Waals surface area contributed by atoms with Crippen molar-refractivity contribution < 1.29 is 27.9 Å². The summed E-state index contributed by atoms with van der Waals surface area (Å²) in [6, 6.07) is 8.61. The number of hydrogen-bond donors (Lipinski definition) is 2. The number of carbonyl (C=O) groups excluding carboxylic acids is 1. The molecule has 0 aliphatic rings. The van der Waals surface area contributed by atoms with Crippen LogP contribution in [-0.2, 0) is 17.4 Å². The second-order valence-corrected chi connectivity index (χ2v) is 6.22. The fourth-order valence-electron chi connectivity index (χ4n) is 2.33. The molecule has 0 aliphatic carbocycles. The van der Waals surface area contributed by atoms with Crippen LogP contribution in [0.4, 0.5) is 18.9 Å². The van der Waals surface area contributed by atoms with Crippen LogP contribution in [-0.4, -0.2) is 35.8 Å². The molecule has 0 radical (unpaired) electrons. The molecule has 0 fully saturated rings. The van der Waals surface area contributed by atoms with E-state index in [1.807, 2.05) is 0 Å². The van der Waals surface area contributed by atoms with Gasteiger partial charge < -0.3 is 10.4 Å². The fourth-order valence-corrected chi connectivity index (χ4v) is 2.51.